The van der Waals surface area contributed by atoms with E-state index < -0.39 is 0 Å². The average Bonchev–Trinajstić information content (AvgIpc) is 3.02. The molecule has 2 atom stereocenters. The van der Waals surface area contributed by atoms with Crippen molar-refractivity contribution in [3.8, 4) is 0 Å². The van der Waals surface area contributed by atoms with Crippen molar-refractivity contribution >= 4 is 11.5 Å². The number of halogens is 1. The molecule has 118 valence electrons. The molecule has 2 saturated heterocycles. The van der Waals surface area contributed by atoms with Gasteiger partial charge < -0.3 is 9.64 Å². The van der Waals surface area contributed by atoms with Gasteiger partial charge in [0, 0.05) is 17.8 Å². The van der Waals surface area contributed by atoms with Crippen LogP contribution in [0.3, 0.4) is 0 Å². The van der Waals surface area contributed by atoms with Crippen molar-refractivity contribution in [1.29, 1.82) is 0 Å². The zero-order chi connectivity index (χ0) is 15.1. The number of hydrogen-bond acceptors (Lipinski definition) is 4. The number of aryl methyl sites for hydroxylation is 2. The summed E-state index contributed by atoms with van der Waals surface area (Å²) in [5, 5.41) is 4.67. The number of hydrogen-bond donors (Lipinski definition) is 0. The second-order valence-corrected chi connectivity index (χ2v) is 6.28. The fourth-order valence-corrected chi connectivity index (χ4v) is 3.68. The first-order chi connectivity index (χ1) is 10.8. The van der Waals surface area contributed by atoms with Gasteiger partial charge in [-0.2, -0.15) is 9.61 Å². The maximum Gasteiger partial charge on any atom is 0.157 e. The molecule has 0 saturated carbocycles. The van der Waals surface area contributed by atoms with Crippen LogP contribution in [0.15, 0.2) is 12.1 Å². The molecule has 0 N–H and O–H groups in total. The lowest BCUT2D eigenvalue weighted by atomic mass is 10.2. The molecule has 2 fully saturated rings. The highest BCUT2D eigenvalue weighted by Gasteiger charge is 2.38. The van der Waals surface area contributed by atoms with Gasteiger partial charge in [0.2, 0.25) is 0 Å². The number of anilines is 1. The lowest BCUT2D eigenvalue weighted by molar-refractivity contribution is 0.0900. The number of rotatable bonds is 4. The van der Waals surface area contributed by atoms with Crippen LogP contribution >= 0.6 is 0 Å². The third-order valence-electron chi connectivity index (χ3n) is 4.66. The fourth-order valence-electron chi connectivity index (χ4n) is 3.68. The summed E-state index contributed by atoms with van der Waals surface area (Å²) in [7, 11) is 0. The van der Waals surface area contributed by atoms with Gasteiger partial charge in [-0.05, 0) is 32.6 Å². The Balaban J connectivity index is 1.77. The molecule has 0 spiro atoms. The van der Waals surface area contributed by atoms with Gasteiger partial charge in [-0.25, -0.2) is 4.98 Å². The first-order valence-corrected chi connectivity index (χ1v) is 8.04. The number of fused-ring (bicyclic) bond motifs is 3. The van der Waals surface area contributed by atoms with E-state index in [2.05, 4.69) is 21.0 Å². The van der Waals surface area contributed by atoms with E-state index in [1.165, 1.54) is 12.8 Å². The minimum absolute atomic E-state index is 0.305. The molecule has 2 unspecified atom stereocenters. The number of ether oxygens (including phenoxy) is 1. The van der Waals surface area contributed by atoms with Crippen LogP contribution in [0.4, 0.5) is 10.2 Å². The zero-order valence-corrected chi connectivity index (χ0v) is 12.8. The van der Waals surface area contributed by atoms with Gasteiger partial charge in [-0.3, -0.25) is 4.39 Å². The van der Waals surface area contributed by atoms with Crippen LogP contribution in [0.5, 0.6) is 0 Å². The molecule has 2 aliphatic rings. The number of nitrogens with zero attached hydrogens (tertiary/aromatic N) is 4. The first-order valence-electron chi connectivity index (χ1n) is 8.04. The molecule has 4 rings (SSSR count). The quantitative estimate of drug-likeness (QED) is 0.869. The molecule has 2 aromatic rings. The van der Waals surface area contributed by atoms with Crippen LogP contribution in [0.1, 0.15) is 30.7 Å². The van der Waals surface area contributed by atoms with E-state index in [9.17, 15) is 4.39 Å². The zero-order valence-electron chi connectivity index (χ0n) is 12.8. The molecule has 0 amide bonds. The predicted molar refractivity (Wildman–Crippen MR) is 82.1 cm³/mol. The van der Waals surface area contributed by atoms with Crippen molar-refractivity contribution in [3.05, 3.63) is 23.5 Å². The lowest BCUT2D eigenvalue weighted by Crippen LogP contribution is -2.46. The molecular weight excluding hydrogens is 283 g/mol. The second-order valence-electron chi connectivity index (χ2n) is 6.28. The van der Waals surface area contributed by atoms with Crippen LogP contribution in [-0.2, 0) is 11.2 Å². The fraction of sp³-hybridized carbons (Fsp3) is 0.625. The van der Waals surface area contributed by atoms with Crippen LogP contribution in [0.25, 0.3) is 5.65 Å². The van der Waals surface area contributed by atoms with Gasteiger partial charge in [0.1, 0.15) is 5.82 Å². The summed E-state index contributed by atoms with van der Waals surface area (Å²) < 4.78 is 20.0. The van der Waals surface area contributed by atoms with E-state index >= 15 is 0 Å². The summed E-state index contributed by atoms with van der Waals surface area (Å²) >= 11 is 0. The minimum atomic E-state index is -0.305. The Kier molecular flexibility index (Phi) is 3.48. The van der Waals surface area contributed by atoms with E-state index in [0.717, 1.165) is 36.1 Å². The Bertz CT molecular complexity index is 670. The third kappa shape index (κ3) is 2.26. The van der Waals surface area contributed by atoms with E-state index in [4.69, 9.17) is 4.74 Å². The molecule has 2 aromatic heterocycles. The summed E-state index contributed by atoms with van der Waals surface area (Å²) in [5.74, 6) is 1.10. The highest BCUT2D eigenvalue weighted by Crippen LogP contribution is 2.34. The van der Waals surface area contributed by atoms with Crippen molar-refractivity contribution in [2.45, 2.75) is 44.7 Å². The summed E-state index contributed by atoms with van der Waals surface area (Å²) in [4.78, 5) is 7.03. The highest BCUT2D eigenvalue weighted by molar-refractivity contribution is 5.54. The molecular formula is C16H21FN4O. The average molecular weight is 304 g/mol. The van der Waals surface area contributed by atoms with Gasteiger partial charge in [0.05, 0.1) is 37.7 Å². The molecule has 0 aromatic carbocycles. The van der Waals surface area contributed by atoms with Gasteiger partial charge in [-0.1, -0.05) is 0 Å². The third-order valence-corrected chi connectivity index (χ3v) is 4.66. The largest absolute Gasteiger partial charge is 0.377 e. The Hall–Kier alpha value is -1.69. The topological polar surface area (TPSA) is 42.7 Å². The molecule has 2 aliphatic heterocycles. The number of alkyl halides is 1. The summed E-state index contributed by atoms with van der Waals surface area (Å²) in [6.45, 7) is 3.28. The lowest BCUT2D eigenvalue weighted by Gasteiger charge is -2.36. The molecule has 0 radical (unpaired) electrons. The van der Waals surface area contributed by atoms with Crippen LogP contribution in [0, 0.1) is 6.92 Å². The maximum atomic E-state index is 12.4. The van der Waals surface area contributed by atoms with Gasteiger partial charge in [0.25, 0.3) is 0 Å². The Morgan fingerprint density at radius 2 is 2.05 bits per heavy atom. The SMILES string of the molecule is Cc1cc(N2C3CCC2COC3)n2nc(CCCF)cc2n1. The molecule has 22 heavy (non-hydrogen) atoms. The molecule has 6 heteroatoms. The highest BCUT2D eigenvalue weighted by atomic mass is 19.1. The van der Waals surface area contributed by atoms with E-state index in [1.54, 1.807) is 0 Å². The predicted octanol–water partition coefficient (Wildman–Crippen LogP) is 2.31. The second kappa shape index (κ2) is 5.50. The van der Waals surface area contributed by atoms with E-state index in [-0.39, 0.29) is 6.67 Å². The van der Waals surface area contributed by atoms with Crippen LogP contribution < -0.4 is 4.90 Å². The van der Waals surface area contributed by atoms with Gasteiger partial charge >= 0.3 is 0 Å². The number of morpholine rings is 1. The minimum Gasteiger partial charge on any atom is -0.377 e. The van der Waals surface area contributed by atoms with Crippen molar-refractivity contribution in [1.82, 2.24) is 14.6 Å². The maximum absolute atomic E-state index is 12.4. The monoisotopic (exact) mass is 304 g/mol. The van der Waals surface area contributed by atoms with Gasteiger partial charge in [0.15, 0.2) is 5.65 Å². The van der Waals surface area contributed by atoms with E-state index in [0.29, 0.717) is 24.9 Å². The van der Waals surface area contributed by atoms with Crippen molar-refractivity contribution < 1.29 is 9.13 Å². The van der Waals surface area contributed by atoms with Crippen LogP contribution in [-0.4, -0.2) is 46.6 Å². The molecule has 5 nitrogen and oxygen atoms in total. The molecule has 2 bridgehead atoms. The van der Waals surface area contributed by atoms with Crippen molar-refractivity contribution in [2.75, 3.05) is 24.8 Å². The Morgan fingerprint density at radius 3 is 2.77 bits per heavy atom. The van der Waals surface area contributed by atoms with E-state index in [1.807, 2.05) is 17.5 Å². The number of aromatic nitrogens is 3. The van der Waals surface area contributed by atoms with Crippen molar-refractivity contribution in [3.63, 3.8) is 0 Å². The Labute approximate surface area is 129 Å². The Morgan fingerprint density at radius 1 is 1.27 bits per heavy atom. The standard InChI is InChI=1S/C16H21FN4O/c1-11-7-16(20-13-4-5-14(20)10-22-9-13)21-15(18-11)8-12(19-21)3-2-6-17/h7-8,13-14H,2-6,9-10H2,1H3. The van der Waals surface area contributed by atoms with Gasteiger partial charge in [-0.15, -0.1) is 0 Å². The summed E-state index contributed by atoms with van der Waals surface area (Å²) in [6, 6.07) is 4.95. The normalized spacial score (nSPS) is 24.4. The van der Waals surface area contributed by atoms with Crippen LogP contribution in [0.2, 0.25) is 0 Å². The summed E-state index contributed by atoms with van der Waals surface area (Å²) in [6.07, 6.45) is 3.52. The molecule has 0 aliphatic carbocycles. The smallest absolute Gasteiger partial charge is 0.157 e. The first kappa shape index (κ1) is 13.9. The summed E-state index contributed by atoms with van der Waals surface area (Å²) in [5.41, 5.74) is 2.76. The van der Waals surface area contributed by atoms with Crippen molar-refractivity contribution in [2.24, 2.45) is 0 Å². The molecule has 4 heterocycles.